The number of aromatic nitrogens is 2. The van der Waals surface area contributed by atoms with E-state index in [9.17, 15) is 8.42 Å². The fraction of sp³-hybridized carbons (Fsp3) is 0.579. The first kappa shape index (κ1) is 19.8. The maximum atomic E-state index is 12.2. The molecular formula is C19H28N4O3S. The molecule has 2 aromatic rings. The summed E-state index contributed by atoms with van der Waals surface area (Å²) in [5.74, 6) is 1.37. The Morgan fingerprint density at radius 3 is 2.41 bits per heavy atom. The fourth-order valence-electron chi connectivity index (χ4n) is 3.12. The summed E-state index contributed by atoms with van der Waals surface area (Å²) in [5, 5.41) is 7.35. The molecule has 2 N–H and O–H groups in total. The molecule has 1 aliphatic carbocycles. The molecule has 8 heteroatoms. The molecule has 1 heterocycles. The Hall–Kier alpha value is -1.93. The van der Waals surface area contributed by atoms with Gasteiger partial charge in [-0.25, -0.2) is 13.1 Å². The van der Waals surface area contributed by atoms with Crippen molar-refractivity contribution < 1.29 is 12.9 Å². The Bertz CT molecular complexity index is 835. The lowest BCUT2D eigenvalue weighted by atomic mass is 9.86. The highest BCUT2D eigenvalue weighted by molar-refractivity contribution is 7.90. The highest BCUT2D eigenvalue weighted by Gasteiger charge is 2.30. The van der Waals surface area contributed by atoms with E-state index in [1.165, 1.54) is 0 Å². The quantitative estimate of drug-likeness (QED) is 0.782. The molecule has 3 rings (SSSR count). The van der Waals surface area contributed by atoms with Gasteiger partial charge in [0.15, 0.2) is 0 Å². The molecule has 1 fully saturated rings. The van der Waals surface area contributed by atoms with Gasteiger partial charge in [-0.2, -0.15) is 4.98 Å². The number of hydrogen-bond donors (Lipinski definition) is 2. The van der Waals surface area contributed by atoms with Crippen LogP contribution in [0.15, 0.2) is 34.9 Å². The molecular weight excluding hydrogens is 364 g/mol. The average molecular weight is 393 g/mol. The number of nitrogens with zero attached hydrogens (tertiary/aromatic N) is 2. The number of benzene rings is 1. The first-order chi connectivity index (χ1) is 12.7. The van der Waals surface area contributed by atoms with Crippen LogP contribution in [-0.2, 0) is 10.0 Å². The third-order valence-electron chi connectivity index (χ3n) is 4.99. The van der Waals surface area contributed by atoms with Crippen molar-refractivity contribution in [3.63, 3.8) is 0 Å². The van der Waals surface area contributed by atoms with E-state index in [4.69, 9.17) is 4.52 Å². The average Bonchev–Trinajstić information content (AvgIpc) is 3.09. The molecule has 0 saturated heterocycles. The van der Waals surface area contributed by atoms with Gasteiger partial charge in [-0.1, -0.05) is 18.2 Å². The van der Waals surface area contributed by atoms with Crippen LogP contribution in [0.25, 0.3) is 11.5 Å². The van der Waals surface area contributed by atoms with Crippen molar-refractivity contribution in [2.24, 2.45) is 5.92 Å². The molecule has 148 valence electrons. The van der Waals surface area contributed by atoms with Gasteiger partial charge in [0.2, 0.25) is 10.0 Å². The molecule has 0 atom stereocenters. The van der Waals surface area contributed by atoms with Crippen LogP contribution in [0.1, 0.15) is 46.5 Å². The zero-order valence-electron chi connectivity index (χ0n) is 16.1. The summed E-state index contributed by atoms with van der Waals surface area (Å²) in [6.07, 6.45) is 3.84. The van der Waals surface area contributed by atoms with Crippen molar-refractivity contribution in [1.29, 1.82) is 0 Å². The lowest BCUT2D eigenvalue weighted by molar-refractivity contribution is 0.334. The fourth-order valence-corrected chi connectivity index (χ4v) is 4.01. The standard InChI is InChI=1S/C19H28N4O3S/c1-19(2,3)27(24,25)20-13-14-9-11-16(12-10-14)21-18-22-17(26-23-18)15-7-5-4-6-8-15/h4-8,14,16,20H,9-13H2,1-3H3,(H,21,23)/t14-,16-. The van der Waals surface area contributed by atoms with Crippen molar-refractivity contribution in [1.82, 2.24) is 14.9 Å². The second kappa shape index (κ2) is 7.98. The lowest BCUT2D eigenvalue weighted by Gasteiger charge is -2.29. The molecule has 0 amide bonds. The molecule has 0 spiro atoms. The summed E-state index contributed by atoms with van der Waals surface area (Å²) in [5.41, 5.74) is 0.896. The normalized spacial score (nSPS) is 21.1. The summed E-state index contributed by atoms with van der Waals surface area (Å²) in [6, 6.07) is 9.95. The minimum atomic E-state index is -3.28. The van der Waals surface area contributed by atoms with E-state index in [0.29, 0.717) is 24.3 Å². The Kier molecular flexibility index (Phi) is 5.86. The number of nitrogens with one attached hydrogen (secondary N) is 2. The molecule has 1 aliphatic rings. The number of hydrogen-bond acceptors (Lipinski definition) is 6. The minimum absolute atomic E-state index is 0.279. The van der Waals surface area contributed by atoms with Crippen LogP contribution in [0.3, 0.4) is 0 Å². The highest BCUT2D eigenvalue weighted by Crippen LogP contribution is 2.27. The lowest BCUT2D eigenvalue weighted by Crippen LogP contribution is -2.42. The predicted octanol–water partition coefficient (Wildman–Crippen LogP) is 3.43. The molecule has 0 unspecified atom stereocenters. The highest BCUT2D eigenvalue weighted by atomic mass is 32.2. The van der Waals surface area contributed by atoms with Gasteiger partial charge in [0.1, 0.15) is 0 Å². The Morgan fingerprint density at radius 2 is 1.78 bits per heavy atom. The Labute approximate surface area is 161 Å². The minimum Gasteiger partial charge on any atom is -0.349 e. The van der Waals surface area contributed by atoms with Crippen molar-refractivity contribution in [2.75, 3.05) is 11.9 Å². The molecule has 1 aromatic carbocycles. The molecule has 7 nitrogen and oxygen atoms in total. The molecule has 1 saturated carbocycles. The predicted molar refractivity (Wildman–Crippen MR) is 106 cm³/mol. The van der Waals surface area contributed by atoms with Gasteiger partial charge in [0.25, 0.3) is 11.8 Å². The number of rotatable bonds is 6. The van der Waals surface area contributed by atoms with E-state index in [2.05, 4.69) is 20.2 Å². The Balaban J connectivity index is 1.47. The third kappa shape index (κ3) is 5.07. The summed E-state index contributed by atoms with van der Waals surface area (Å²) in [4.78, 5) is 4.41. The van der Waals surface area contributed by atoms with Crippen LogP contribution in [0, 0.1) is 5.92 Å². The van der Waals surface area contributed by atoms with E-state index >= 15 is 0 Å². The largest absolute Gasteiger partial charge is 0.349 e. The zero-order valence-corrected chi connectivity index (χ0v) is 16.9. The second-order valence-electron chi connectivity index (χ2n) is 8.12. The van der Waals surface area contributed by atoms with Gasteiger partial charge in [-0.15, -0.1) is 0 Å². The molecule has 0 bridgehead atoms. The summed E-state index contributed by atoms with van der Waals surface area (Å²) in [7, 11) is -3.28. The summed E-state index contributed by atoms with van der Waals surface area (Å²) < 4.78 is 31.6. The number of anilines is 1. The second-order valence-corrected chi connectivity index (χ2v) is 10.6. The van der Waals surface area contributed by atoms with Crippen LogP contribution < -0.4 is 10.0 Å². The van der Waals surface area contributed by atoms with Crippen molar-refractivity contribution in [3.05, 3.63) is 30.3 Å². The number of sulfonamides is 1. The monoisotopic (exact) mass is 392 g/mol. The van der Waals surface area contributed by atoms with Crippen LogP contribution >= 0.6 is 0 Å². The molecule has 0 aliphatic heterocycles. The van der Waals surface area contributed by atoms with E-state index in [1.54, 1.807) is 20.8 Å². The van der Waals surface area contributed by atoms with Crippen LogP contribution in [0.2, 0.25) is 0 Å². The van der Waals surface area contributed by atoms with Crippen molar-refractivity contribution >= 4 is 16.0 Å². The molecule has 1 aromatic heterocycles. The van der Waals surface area contributed by atoms with Gasteiger partial charge >= 0.3 is 0 Å². The van der Waals surface area contributed by atoms with Crippen LogP contribution in [-0.4, -0.2) is 35.9 Å². The Morgan fingerprint density at radius 1 is 1.11 bits per heavy atom. The molecule has 0 radical (unpaired) electrons. The zero-order chi connectivity index (χ0) is 19.5. The maximum absolute atomic E-state index is 12.2. The first-order valence-electron chi connectivity index (χ1n) is 9.39. The van der Waals surface area contributed by atoms with Crippen molar-refractivity contribution in [3.8, 4) is 11.5 Å². The summed E-state index contributed by atoms with van der Waals surface area (Å²) >= 11 is 0. The van der Waals surface area contributed by atoms with Gasteiger partial charge in [0.05, 0.1) is 4.75 Å². The SMILES string of the molecule is CC(C)(C)S(=O)(=O)NC[C@H]1CC[C@H](Nc2noc(-c3ccccc3)n2)CC1. The van der Waals surface area contributed by atoms with E-state index < -0.39 is 14.8 Å². The topological polar surface area (TPSA) is 97.1 Å². The van der Waals surface area contributed by atoms with Gasteiger partial charge in [-0.3, -0.25) is 0 Å². The smallest absolute Gasteiger partial charge is 0.263 e. The van der Waals surface area contributed by atoms with E-state index in [-0.39, 0.29) is 6.04 Å². The third-order valence-corrected chi connectivity index (χ3v) is 7.15. The van der Waals surface area contributed by atoms with Gasteiger partial charge in [0, 0.05) is 18.2 Å². The van der Waals surface area contributed by atoms with Gasteiger partial charge < -0.3 is 9.84 Å². The van der Waals surface area contributed by atoms with Crippen LogP contribution in [0.4, 0.5) is 5.95 Å². The maximum Gasteiger partial charge on any atom is 0.263 e. The van der Waals surface area contributed by atoms with Gasteiger partial charge in [-0.05, 0) is 69.7 Å². The van der Waals surface area contributed by atoms with Crippen molar-refractivity contribution in [2.45, 2.75) is 57.2 Å². The first-order valence-corrected chi connectivity index (χ1v) is 10.9. The van der Waals surface area contributed by atoms with Crippen LogP contribution in [0.5, 0.6) is 0 Å². The molecule has 27 heavy (non-hydrogen) atoms. The summed E-state index contributed by atoms with van der Waals surface area (Å²) in [6.45, 7) is 5.65. The van der Waals surface area contributed by atoms with E-state index in [0.717, 1.165) is 31.2 Å². The van der Waals surface area contributed by atoms with E-state index in [1.807, 2.05) is 30.3 Å².